The predicted molar refractivity (Wildman–Crippen MR) is 100 cm³/mol. The number of hydrogen-bond donors (Lipinski definition) is 2. The van der Waals surface area contributed by atoms with Crippen molar-refractivity contribution in [2.24, 2.45) is 0 Å². The van der Waals surface area contributed by atoms with Crippen LogP contribution in [0.3, 0.4) is 0 Å². The number of aromatic carboxylic acids is 1. The molecule has 0 spiro atoms. The van der Waals surface area contributed by atoms with E-state index in [0.29, 0.717) is 5.56 Å². The summed E-state index contributed by atoms with van der Waals surface area (Å²) in [5.74, 6) is -3.43. The molecule has 0 saturated carbocycles. The molecule has 148 valence electrons. The number of pyridine rings is 1. The lowest BCUT2D eigenvalue weighted by Crippen LogP contribution is -2.24. The molecular weight excluding hydrogens is 406 g/mol. The van der Waals surface area contributed by atoms with Crippen molar-refractivity contribution in [3.63, 3.8) is 0 Å². The number of nitrogens with zero attached hydrogens (tertiary/aromatic N) is 1. The standard InChI is InChI=1S/C20H13ClF2N2O4/c21-16-8-13(5-6-17(16)23)29-19-15(7-12(22)10-25-19)18(26)24-9-11-3-1-2-4-14(11)20(27)28/h1-8,10H,9H2,(H,24,26)(H,27,28). The second kappa shape index (κ2) is 8.66. The molecule has 1 aromatic heterocycles. The second-order valence-corrected chi connectivity index (χ2v) is 6.24. The molecule has 29 heavy (non-hydrogen) atoms. The summed E-state index contributed by atoms with van der Waals surface area (Å²) >= 11 is 5.70. The van der Waals surface area contributed by atoms with E-state index in [1.54, 1.807) is 18.2 Å². The van der Waals surface area contributed by atoms with Gasteiger partial charge in [0.05, 0.1) is 16.8 Å². The first kappa shape index (κ1) is 20.2. The molecule has 9 heteroatoms. The fourth-order valence-corrected chi connectivity index (χ4v) is 2.65. The van der Waals surface area contributed by atoms with Crippen LogP contribution in [-0.4, -0.2) is 22.0 Å². The molecule has 0 atom stereocenters. The van der Waals surface area contributed by atoms with Crippen molar-refractivity contribution in [1.82, 2.24) is 10.3 Å². The van der Waals surface area contributed by atoms with Crippen LogP contribution in [-0.2, 0) is 6.54 Å². The van der Waals surface area contributed by atoms with Gasteiger partial charge < -0.3 is 15.2 Å². The van der Waals surface area contributed by atoms with E-state index in [-0.39, 0.29) is 34.3 Å². The predicted octanol–water partition coefficient (Wildman–Crippen LogP) is 4.43. The maximum Gasteiger partial charge on any atom is 0.336 e. The fourth-order valence-electron chi connectivity index (χ4n) is 2.48. The Morgan fingerprint density at radius 3 is 2.59 bits per heavy atom. The number of hydrogen-bond acceptors (Lipinski definition) is 4. The van der Waals surface area contributed by atoms with Crippen molar-refractivity contribution < 1.29 is 28.2 Å². The van der Waals surface area contributed by atoms with Gasteiger partial charge in [0.25, 0.3) is 5.91 Å². The number of amides is 1. The first-order valence-electron chi connectivity index (χ1n) is 8.23. The topological polar surface area (TPSA) is 88.5 Å². The summed E-state index contributed by atoms with van der Waals surface area (Å²) in [5.41, 5.74) is 0.173. The number of benzene rings is 2. The minimum Gasteiger partial charge on any atom is -0.478 e. The molecule has 1 amide bonds. The second-order valence-electron chi connectivity index (χ2n) is 5.83. The number of carbonyl (C=O) groups excluding carboxylic acids is 1. The summed E-state index contributed by atoms with van der Waals surface area (Å²) in [6.45, 7) is -0.111. The summed E-state index contributed by atoms with van der Waals surface area (Å²) in [6, 6.07) is 10.6. The molecule has 0 aliphatic heterocycles. The van der Waals surface area contributed by atoms with E-state index in [9.17, 15) is 23.5 Å². The van der Waals surface area contributed by atoms with Crippen LogP contribution in [0.25, 0.3) is 0 Å². The molecule has 0 saturated heterocycles. The van der Waals surface area contributed by atoms with Gasteiger partial charge in [-0.3, -0.25) is 4.79 Å². The average Bonchev–Trinajstić information content (AvgIpc) is 2.70. The lowest BCUT2D eigenvalue weighted by atomic mass is 10.1. The van der Waals surface area contributed by atoms with Gasteiger partial charge in [0.15, 0.2) is 0 Å². The molecule has 3 rings (SSSR count). The zero-order valence-electron chi connectivity index (χ0n) is 14.7. The number of carbonyl (C=O) groups is 2. The van der Waals surface area contributed by atoms with Crippen LogP contribution in [0.1, 0.15) is 26.3 Å². The summed E-state index contributed by atoms with van der Waals surface area (Å²) in [6.07, 6.45) is 0.858. The molecule has 0 fully saturated rings. The molecule has 3 aromatic rings. The third-order valence-electron chi connectivity index (χ3n) is 3.86. The average molecular weight is 419 g/mol. The van der Waals surface area contributed by atoms with Gasteiger partial charge >= 0.3 is 5.97 Å². The number of nitrogens with one attached hydrogen (secondary N) is 1. The van der Waals surface area contributed by atoms with Gasteiger partial charge in [-0.25, -0.2) is 18.6 Å². The van der Waals surface area contributed by atoms with E-state index in [4.69, 9.17) is 16.3 Å². The first-order chi connectivity index (χ1) is 13.8. The Morgan fingerprint density at radius 2 is 1.86 bits per heavy atom. The van der Waals surface area contributed by atoms with Gasteiger partial charge in [0.2, 0.25) is 5.88 Å². The Balaban J connectivity index is 1.82. The number of carboxylic acid groups (broad SMARTS) is 1. The summed E-state index contributed by atoms with van der Waals surface area (Å²) < 4.78 is 32.4. The molecule has 2 N–H and O–H groups in total. The molecule has 0 aliphatic carbocycles. The molecule has 0 bridgehead atoms. The largest absolute Gasteiger partial charge is 0.478 e. The number of carboxylic acids is 1. The van der Waals surface area contributed by atoms with Gasteiger partial charge in [0, 0.05) is 12.6 Å². The summed E-state index contributed by atoms with van der Waals surface area (Å²) in [7, 11) is 0. The Hall–Kier alpha value is -3.52. The van der Waals surface area contributed by atoms with Gasteiger partial charge in [-0.05, 0) is 29.8 Å². The van der Waals surface area contributed by atoms with E-state index in [0.717, 1.165) is 18.3 Å². The number of ether oxygens (including phenoxy) is 1. The van der Waals surface area contributed by atoms with Crippen LogP contribution in [0.15, 0.2) is 54.7 Å². The minimum absolute atomic E-state index is 0.0302. The molecule has 0 aliphatic rings. The molecule has 1 heterocycles. The van der Waals surface area contributed by atoms with Crippen molar-refractivity contribution in [2.45, 2.75) is 6.54 Å². The van der Waals surface area contributed by atoms with Crippen LogP contribution in [0, 0.1) is 11.6 Å². The molecule has 2 aromatic carbocycles. The van der Waals surface area contributed by atoms with Gasteiger partial charge in [-0.1, -0.05) is 29.8 Å². The molecule has 0 unspecified atom stereocenters. The smallest absolute Gasteiger partial charge is 0.336 e. The summed E-state index contributed by atoms with van der Waals surface area (Å²) in [5, 5.41) is 11.5. The normalized spacial score (nSPS) is 10.4. The van der Waals surface area contributed by atoms with Gasteiger partial charge in [-0.2, -0.15) is 0 Å². The highest BCUT2D eigenvalue weighted by Crippen LogP contribution is 2.27. The Labute approximate surface area is 168 Å². The molecular formula is C20H13ClF2N2O4. The summed E-state index contributed by atoms with van der Waals surface area (Å²) in [4.78, 5) is 27.6. The van der Waals surface area contributed by atoms with Crippen molar-refractivity contribution in [3.8, 4) is 11.6 Å². The van der Waals surface area contributed by atoms with Crippen LogP contribution in [0.2, 0.25) is 5.02 Å². The Bertz CT molecular complexity index is 1090. The van der Waals surface area contributed by atoms with E-state index < -0.39 is 23.5 Å². The molecule has 0 radical (unpaired) electrons. The van der Waals surface area contributed by atoms with Crippen LogP contribution in [0.4, 0.5) is 8.78 Å². The fraction of sp³-hybridized carbons (Fsp3) is 0.0500. The number of halogens is 3. The monoisotopic (exact) mass is 418 g/mol. The van der Waals surface area contributed by atoms with E-state index in [2.05, 4.69) is 10.3 Å². The van der Waals surface area contributed by atoms with Crippen molar-refractivity contribution in [3.05, 3.63) is 88.1 Å². The third kappa shape index (κ3) is 4.85. The van der Waals surface area contributed by atoms with E-state index in [1.807, 2.05) is 0 Å². The highest BCUT2D eigenvalue weighted by atomic mass is 35.5. The Kier molecular flexibility index (Phi) is 6.04. The number of rotatable bonds is 6. The lowest BCUT2D eigenvalue weighted by molar-refractivity contribution is 0.0694. The van der Waals surface area contributed by atoms with Crippen LogP contribution >= 0.6 is 11.6 Å². The lowest BCUT2D eigenvalue weighted by Gasteiger charge is -2.12. The zero-order chi connectivity index (χ0) is 21.0. The van der Waals surface area contributed by atoms with E-state index >= 15 is 0 Å². The zero-order valence-corrected chi connectivity index (χ0v) is 15.4. The third-order valence-corrected chi connectivity index (χ3v) is 4.14. The van der Waals surface area contributed by atoms with Gasteiger partial charge in [0.1, 0.15) is 22.9 Å². The maximum absolute atomic E-state index is 13.7. The van der Waals surface area contributed by atoms with Crippen LogP contribution < -0.4 is 10.1 Å². The van der Waals surface area contributed by atoms with Crippen LogP contribution in [0.5, 0.6) is 11.6 Å². The van der Waals surface area contributed by atoms with Crippen molar-refractivity contribution in [2.75, 3.05) is 0 Å². The van der Waals surface area contributed by atoms with E-state index in [1.165, 1.54) is 18.2 Å². The SMILES string of the molecule is O=C(O)c1ccccc1CNC(=O)c1cc(F)cnc1Oc1ccc(F)c(Cl)c1. The van der Waals surface area contributed by atoms with Crippen molar-refractivity contribution >= 4 is 23.5 Å². The minimum atomic E-state index is -1.14. The molecule has 6 nitrogen and oxygen atoms in total. The van der Waals surface area contributed by atoms with Gasteiger partial charge in [-0.15, -0.1) is 0 Å². The Morgan fingerprint density at radius 1 is 1.10 bits per heavy atom. The maximum atomic E-state index is 13.7. The number of aromatic nitrogens is 1. The highest BCUT2D eigenvalue weighted by Gasteiger charge is 2.18. The quantitative estimate of drug-likeness (QED) is 0.618. The highest BCUT2D eigenvalue weighted by molar-refractivity contribution is 6.30. The van der Waals surface area contributed by atoms with Crippen molar-refractivity contribution in [1.29, 1.82) is 0 Å². The first-order valence-corrected chi connectivity index (χ1v) is 8.61.